The molecule has 0 aliphatic carbocycles. The number of benzene rings is 3. The Labute approximate surface area is 170 Å². The molecule has 0 saturated carbocycles. The maximum Gasteiger partial charge on any atom is 0.291 e. The van der Waals surface area contributed by atoms with Crippen LogP contribution in [0.3, 0.4) is 0 Å². The minimum Gasteiger partial charge on any atom is -0.503 e. The molecule has 0 bridgehead atoms. The van der Waals surface area contributed by atoms with Crippen LogP contribution < -0.4 is 5.56 Å². The minimum atomic E-state index is -0.509. The van der Waals surface area contributed by atoms with Gasteiger partial charge >= 0.3 is 0 Å². The van der Waals surface area contributed by atoms with E-state index in [1.165, 1.54) is 0 Å². The van der Waals surface area contributed by atoms with Crippen molar-refractivity contribution < 1.29 is 5.11 Å². The van der Waals surface area contributed by atoms with Crippen molar-refractivity contribution in [2.75, 3.05) is 0 Å². The molecule has 0 saturated heterocycles. The summed E-state index contributed by atoms with van der Waals surface area (Å²) in [4.78, 5) is 22.1. The molecule has 4 N–H and O–H groups in total. The fourth-order valence-corrected chi connectivity index (χ4v) is 4.25. The molecule has 0 unspecified atom stereocenters. The third-order valence-electron chi connectivity index (χ3n) is 5.63. The average Bonchev–Trinajstić information content (AvgIpc) is 3.38. The molecule has 0 radical (unpaired) electrons. The van der Waals surface area contributed by atoms with Crippen LogP contribution >= 0.6 is 0 Å². The summed E-state index contributed by atoms with van der Waals surface area (Å²) in [5.74, 6) is -0.294. The highest BCUT2D eigenvalue weighted by Gasteiger charge is 2.19. The number of fused-ring (bicyclic) bond motifs is 3. The van der Waals surface area contributed by atoms with Gasteiger partial charge in [0.15, 0.2) is 5.75 Å². The standard InChI is InChI=1S/C25H17N3O2/c29-24-23(21-13-15-7-2-4-10-18(15)27-21)22-16(8-5-11-19(22)28-25(24)30)20-12-14-6-1-3-9-17(14)26-20/h1-13,26-27,29H,(H,28,30). The van der Waals surface area contributed by atoms with Gasteiger partial charge in [0.05, 0.1) is 11.3 Å². The van der Waals surface area contributed by atoms with Crippen molar-refractivity contribution in [2.45, 2.75) is 0 Å². The van der Waals surface area contributed by atoms with E-state index < -0.39 is 5.56 Å². The number of para-hydroxylation sites is 2. The SMILES string of the molecule is O=c1[nH]c2cccc(-c3cc4ccccc4[nH]3)c2c(-c2cc3ccccc3[nH]2)c1O. The first-order chi connectivity index (χ1) is 14.7. The van der Waals surface area contributed by atoms with E-state index in [1.807, 2.05) is 66.7 Å². The van der Waals surface area contributed by atoms with E-state index in [0.29, 0.717) is 16.8 Å². The molecule has 30 heavy (non-hydrogen) atoms. The van der Waals surface area contributed by atoms with Crippen molar-refractivity contribution in [1.82, 2.24) is 15.0 Å². The molecule has 5 heteroatoms. The van der Waals surface area contributed by atoms with Crippen molar-refractivity contribution >= 4 is 32.7 Å². The second-order valence-electron chi connectivity index (χ2n) is 7.45. The van der Waals surface area contributed by atoms with Crippen LogP contribution in [0.1, 0.15) is 0 Å². The van der Waals surface area contributed by atoms with E-state index in [2.05, 4.69) is 27.1 Å². The molecule has 6 rings (SSSR count). The summed E-state index contributed by atoms with van der Waals surface area (Å²) in [6.07, 6.45) is 0. The van der Waals surface area contributed by atoms with Gasteiger partial charge in [0, 0.05) is 44.0 Å². The number of hydrogen-bond acceptors (Lipinski definition) is 2. The van der Waals surface area contributed by atoms with E-state index >= 15 is 0 Å². The van der Waals surface area contributed by atoms with Crippen molar-refractivity contribution in [1.29, 1.82) is 0 Å². The quantitative estimate of drug-likeness (QED) is 0.313. The number of nitrogens with one attached hydrogen (secondary N) is 3. The molecule has 3 aromatic heterocycles. The van der Waals surface area contributed by atoms with Gasteiger partial charge in [0.2, 0.25) is 0 Å². The molecule has 0 spiro atoms. The number of aromatic hydroxyl groups is 1. The molecular weight excluding hydrogens is 374 g/mol. The predicted molar refractivity (Wildman–Crippen MR) is 121 cm³/mol. The average molecular weight is 391 g/mol. The normalized spacial score (nSPS) is 11.6. The largest absolute Gasteiger partial charge is 0.503 e. The van der Waals surface area contributed by atoms with Gasteiger partial charge in [0.25, 0.3) is 5.56 Å². The van der Waals surface area contributed by atoms with Crippen LogP contribution in [0.4, 0.5) is 0 Å². The van der Waals surface area contributed by atoms with Crippen LogP contribution in [-0.4, -0.2) is 20.1 Å². The van der Waals surface area contributed by atoms with Crippen molar-refractivity contribution in [3.63, 3.8) is 0 Å². The summed E-state index contributed by atoms with van der Waals surface area (Å²) in [5, 5.41) is 13.7. The van der Waals surface area contributed by atoms with Gasteiger partial charge in [-0.25, -0.2) is 0 Å². The molecule has 6 aromatic rings. The summed E-state index contributed by atoms with van der Waals surface area (Å²) < 4.78 is 0. The van der Waals surface area contributed by atoms with E-state index in [4.69, 9.17) is 0 Å². The predicted octanol–water partition coefficient (Wildman–Crippen LogP) is 5.53. The van der Waals surface area contributed by atoms with Crippen molar-refractivity contribution in [2.24, 2.45) is 0 Å². The molecule has 3 heterocycles. The van der Waals surface area contributed by atoms with Gasteiger partial charge in [-0.15, -0.1) is 0 Å². The van der Waals surface area contributed by atoms with Gasteiger partial charge in [-0.2, -0.15) is 0 Å². The highest BCUT2D eigenvalue weighted by atomic mass is 16.3. The molecule has 0 aliphatic heterocycles. The molecule has 0 amide bonds. The number of rotatable bonds is 2. The second-order valence-corrected chi connectivity index (χ2v) is 7.45. The molecule has 5 nitrogen and oxygen atoms in total. The van der Waals surface area contributed by atoms with E-state index in [-0.39, 0.29) is 5.75 Å². The first kappa shape index (κ1) is 16.7. The van der Waals surface area contributed by atoms with Crippen LogP contribution in [0.5, 0.6) is 5.75 Å². The Hall–Kier alpha value is -4.25. The number of H-pyrrole nitrogens is 3. The summed E-state index contributed by atoms with van der Waals surface area (Å²) in [6, 6.07) is 25.8. The van der Waals surface area contributed by atoms with E-state index in [0.717, 1.165) is 38.4 Å². The van der Waals surface area contributed by atoms with Gasteiger partial charge in [-0.05, 0) is 30.3 Å². The maximum atomic E-state index is 12.5. The number of aromatic amines is 3. The summed E-state index contributed by atoms with van der Waals surface area (Å²) in [6.45, 7) is 0. The lowest BCUT2D eigenvalue weighted by molar-refractivity contribution is 0.470. The number of pyridine rings is 1. The van der Waals surface area contributed by atoms with Crippen LogP contribution in [0.25, 0.3) is 55.2 Å². The Morgan fingerprint density at radius 1 is 0.633 bits per heavy atom. The molecule has 0 atom stereocenters. The highest BCUT2D eigenvalue weighted by molar-refractivity contribution is 6.08. The van der Waals surface area contributed by atoms with Gasteiger partial charge in [0.1, 0.15) is 0 Å². The lowest BCUT2D eigenvalue weighted by Gasteiger charge is -2.11. The van der Waals surface area contributed by atoms with Crippen LogP contribution in [0.2, 0.25) is 0 Å². The van der Waals surface area contributed by atoms with E-state index in [9.17, 15) is 9.90 Å². The third-order valence-corrected chi connectivity index (χ3v) is 5.63. The lowest BCUT2D eigenvalue weighted by atomic mass is 9.98. The fourth-order valence-electron chi connectivity index (χ4n) is 4.25. The smallest absolute Gasteiger partial charge is 0.291 e. The molecule has 144 valence electrons. The zero-order valence-corrected chi connectivity index (χ0v) is 15.9. The molecular formula is C25H17N3O2. The van der Waals surface area contributed by atoms with Crippen molar-refractivity contribution in [3.8, 4) is 28.3 Å². The Kier molecular flexibility index (Phi) is 3.40. The Morgan fingerprint density at radius 2 is 1.23 bits per heavy atom. The Balaban J connectivity index is 1.73. The Morgan fingerprint density at radius 3 is 1.93 bits per heavy atom. The number of hydrogen-bond donors (Lipinski definition) is 4. The first-order valence-electron chi connectivity index (χ1n) is 9.73. The molecule has 0 aliphatic rings. The fraction of sp³-hybridized carbons (Fsp3) is 0. The Bertz CT molecular complexity index is 1570. The number of aromatic nitrogens is 3. The third kappa shape index (κ3) is 2.39. The maximum absolute atomic E-state index is 12.5. The topological polar surface area (TPSA) is 84.7 Å². The monoisotopic (exact) mass is 391 g/mol. The van der Waals surface area contributed by atoms with Gasteiger partial charge < -0.3 is 20.1 Å². The highest BCUT2D eigenvalue weighted by Crippen LogP contribution is 2.40. The first-order valence-corrected chi connectivity index (χ1v) is 9.73. The summed E-state index contributed by atoms with van der Waals surface area (Å²) in [7, 11) is 0. The van der Waals surface area contributed by atoms with Crippen molar-refractivity contribution in [3.05, 3.63) is 89.2 Å². The lowest BCUT2D eigenvalue weighted by Crippen LogP contribution is -2.07. The summed E-state index contributed by atoms with van der Waals surface area (Å²) in [5.41, 5.74) is 5.17. The van der Waals surface area contributed by atoms with Crippen LogP contribution in [-0.2, 0) is 0 Å². The molecule has 3 aromatic carbocycles. The van der Waals surface area contributed by atoms with Crippen LogP contribution in [0, 0.1) is 0 Å². The minimum absolute atomic E-state index is 0.294. The van der Waals surface area contributed by atoms with Gasteiger partial charge in [-0.3, -0.25) is 4.79 Å². The van der Waals surface area contributed by atoms with E-state index in [1.54, 1.807) is 0 Å². The van der Waals surface area contributed by atoms with Crippen LogP contribution in [0.15, 0.2) is 83.7 Å². The molecule has 0 fully saturated rings. The van der Waals surface area contributed by atoms with Gasteiger partial charge in [-0.1, -0.05) is 48.5 Å². The zero-order valence-electron chi connectivity index (χ0n) is 15.9. The zero-order chi connectivity index (χ0) is 20.2. The second kappa shape index (κ2) is 6.12. The summed E-state index contributed by atoms with van der Waals surface area (Å²) >= 11 is 0.